The summed E-state index contributed by atoms with van der Waals surface area (Å²) < 4.78 is 26.3. The Morgan fingerprint density at radius 3 is 2.83 bits per heavy atom. The van der Waals surface area contributed by atoms with Crippen LogP contribution in [0.3, 0.4) is 0 Å². The zero-order valence-electron chi connectivity index (χ0n) is 12.3. The van der Waals surface area contributed by atoms with E-state index in [2.05, 4.69) is 6.58 Å². The van der Waals surface area contributed by atoms with Gasteiger partial charge in [0.2, 0.25) is 12.6 Å². The lowest BCUT2D eigenvalue weighted by Crippen LogP contribution is -2.33. The molecule has 2 N–H and O–H groups in total. The van der Waals surface area contributed by atoms with Gasteiger partial charge in [-0.3, -0.25) is 0 Å². The molecule has 2 heterocycles. The fraction of sp³-hybridized carbons (Fsp3) is 0.400. The van der Waals surface area contributed by atoms with E-state index in [1.807, 2.05) is 0 Å². The molecule has 0 bridgehead atoms. The van der Waals surface area contributed by atoms with Crippen LogP contribution in [0.25, 0.3) is 0 Å². The van der Waals surface area contributed by atoms with Crippen LogP contribution in [0.4, 0.5) is 0 Å². The second kappa shape index (κ2) is 6.07. The Morgan fingerprint density at radius 2 is 2.17 bits per heavy atom. The molecule has 4 atom stereocenters. The average molecular weight is 324 g/mol. The van der Waals surface area contributed by atoms with Crippen LogP contribution in [0, 0.1) is 0 Å². The summed E-state index contributed by atoms with van der Waals surface area (Å²) in [6.45, 7) is 3.63. The number of esters is 1. The highest BCUT2D eigenvalue weighted by Crippen LogP contribution is 2.37. The number of hydrogen-bond donors (Lipinski definition) is 2. The third-order valence-corrected chi connectivity index (χ3v) is 3.53. The van der Waals surface area contributed by atoms with E-state index < -0.39 is 30.8 Å². The van der Waals surface area contributed by atoms with E-state index in [0.717, 1.165) is 0 Å². The second-order valence-electron chi connectivity index (χ2n) is 5.06. The van der Waals surface area contributed by atoms with Crippen molar-refractivity contribution in [3.05, 3.63) is 36.1 Å². The quantitative estimate of drug-likeness (QED) is 0.776. The maximum atomic E-state index is 11.1. The van der Waals surface area contributed by atoms with Gasteiger partial charge in [0.25, 0.3) is 0 Å². The summed E-state index contributed by atoms with van der Waals surface area (Å²) in [4.78, 5) is 11.1. The van der Waals surface area contributed by atoms with Crippen LogP contribution < -0.4 is 4.74 Å². The highest BCUT2D eigenvalue weighted by atomic mass is 16.8. The van der Waals surface area contributed by atoms with Gasteiger partial charge >= 0.3 is 5.97 Å². The maximum Gasteiger partial charge on any atom is 0.337 e. The van der Waals surface area contributed by atoms with Crippen molar-refractivity contribution in [2.45, 2.75) is 24.8 Å². The smallest absolute Gasteiger partial charge is 0.337 e. The summed E-state index contributed by atoms with van der Waals surface area (Å²) in [6.07, 6.45) is -3.97. The first-order valence-corrected chi connectivity index (χ1v) is 6.87. The zero-order valence-corrected chi connectivity index (χ0v) is 12.3. The molecule has 8 nitrogen and oxygen atoms in total. The predicted octanol–water partition coefficient (Wildman–Crippen LogP) is 0.589. The minimum absolute atomic E-state index is 0.00869. The van der Waals surface area contributed by atoms with Gasteiger partial charge in [-0.15, -0.1) is 0 Å². The van der Waals surface area contributed by atoms with Gasteiger partial charge in [-0.1, -0.05) is 6.58 Å². The summed E-state index contributed by atoms with van der Waals surface area (Å²) in [5.74, 6) is -0.270. The van der Waals surface area contributed by atoms with Gasteiger partial charge in [-0.25, -0.2) is 4.79 Å². The van der Waals surface area contributed by atoms with Crippen LogP contribution in [0.5, 0.6) is 11.5 Å². The minimum atomic E-state index is -1.36. The summed E-state index contributed by atoms with van der Waals surface area (Å²) in [5, 5.41) is 19.2. The van der Waals surface area contributed by atoms with Crippen molar-refractivity contribution in [2.24, 2.45) is 0 Å². The van der Waals surface area contributed by atoms with E-state index in [1.165, 1.54) is 13.2 Å². The van der Waals surface area contributed by atoms with Gasteiger partial charge in [0.05, 0.1) is 7.11 Å². The topological polar surface area (TPSA) is 104 Å². The molecule has 2 aliphatic rings. The number of aromatic hydroxyl groups is 1. The number of benzene rings is 1. The first-order chi connectivity index (χ1) is 11.0. The van der Waals surface area contributed by atoms with Crippen molar-refractivity contribution in [2.75, 3.05) is 13.7 Å². The van der Waals surface area contributed by atoms with E-state index >= 15 is 0 Å². The fourth-order valence-electron chi connectivity index (χ4n) is 2.27. The van der Waals surface area contributed by atoms with Crippen molar-refractivity contribution in [3.8, 4) is 11.5 Å². The standard InChI is InChI=1S/C15H16O8/c1-7-14(22-11-6-20-13(18)12(11)17)23-15(21-7)8-3-4-9(16)10(5-8)19-2/h3-5,11-12,14-17H,1,6H2,2H3. The summed E-state index contributed by atoms with van der Waals surface area (Å²) in [6, 6.07) is 4.62. The second-order valence-corrected chi connectivity index (χ2v) is 5.06. The largest absolute Gasteiger partial charge is 0.504 e. The number of methoxy groups -OCH3 is 1. The van der Waals surface area contributed by atoms with E-state index in [9.17, 15) is 15.0 Å². The molecule has 8 heteroatoms. The van der Waals surface area contributed by atoms with Gasteiger partial charge in [0.1, 0.15) is 18.5 Å². The monoisotopic (exact) mass is 324 g/mol. The number of carbonyl (C=O) groups is 1. The van der Waals surface area contributed by atoms with Crippen LogP contribution in [0.1, 0.15) is 11.9 Å². The van der Waals surface area contributed by atoms with Crippen LogP contribution in [-0.2, 0) is 23.7 Å². The Morgan fingerprint density at radius 1 is 1.39 bits per heavy atom. The first-order valence-electron chi connectivity index (χ1n) is 6.87. The molecule has 0 saturated carbocycles. The molecule has 2 saturated heterocycles. The number of hydrogen-bond acceptors (Lipinski definition) is 8. The maximum absolute atomic E-state index is 11.1. The molecule has 4 unspecified atom stereocenters. The Balaban J connectivity index is 1.69. The average Bonchev–Trinajstić information content (AvgIpc) is 3.05. The molecule has 1 aromatic rings. The molecular weight excluding hydrogens is 308 g/mol. The van der Waals surface area contributed by atoms with Crippen molar-refractivity contribution in [1.82, 2.24) is 0 Å². The number of aliphatic hydroxyl groups is 1. The van der Waals surface area contributed by atoms with Gasteiger partial charge in [-0.05, 0) is 18.2 Å². The molecule has 1 aromatic carbocycles. The minimum Gasteiger partial charge on any atom is -0.504 e. The van der Waals surface area contributed by atoms with Gasteiger partial charge < -0.3 is 33.9 Å². The Bertz CT molecular complexity index is 628. The molecule has 0 radical (unpaired) electrons. The summed E-state index contributed by atoms with van der Waals surface area (Å²) in [5.41, 5.74) is 0.589. The van der Waals surface area contributed by atoms with Crippen LogP contribution >= 0.6 is 0 Å². The molecule has 0 spiro atoms. The number of carbonyl (C=O) groups excluding carboxylic acids is 1. The lowest BCUT2D eigenvalue weighted by atomic mass is 10.2. The summed E-state index contributed by atoms with van der Waals surface area (Å²) in [7, 11) is 1.43. The fourth-order valence-corrected chi connectivity index (χ4v) is 2.27. The lowest BCUT2D eigenvalue weighted by molar-refractivity contribution is -0.177. The normalized spacial score (nSPS) is 30.2. The summed E-state index contributed by atoms with van der Waals surface area (Å²) >= 11 is 0. The number of rotatable bonds is 4. The Hall–Kier alpha value is -2.29. The van der Waals surface area contributed by atoms with E-state index in [4.69, 9.17) is 23.7 Å². The van der Waals surface area contributed by atoms with Gasteiger partial charge in [-0.2, -0.15) is 0 Å². The molecule has 0 aliphatic carbocycles. The van der Waals surface area contributed by atoms with E-state index in [1.54, 1.807) is 12.1 Å². The number of phenolic OH excluding ortho intramolecular Hbond substituents is 1. The Labute approximate surface area is 131 Å². The number of aliphatic hydroxyl groups excluding tert-OH is 1. The third kappa shape index (κ3) is 2.96. The van der Waals surface area contributed by atoms with Crippen LogP contribution in [0.2, 0.25) is 0 Å². The van der Waals surface area contributed by atoms with Crippen LogP contribution in [0.15, 0.2) is 30.5 Å². The zero-order chi connectivity index (χ0) is 16.6. The number of phenols is 1. The molecule has 0 amide bonds. The van der Waals surface area contributed by atoms with Crippen molar-refractivity contribution >= 4 is 5.97 Å². The lowest BCUT2D eigenvalue weighted by Gasteiger charge is -2.16. The SMILES string of the molecule is C=C1OC(c2ccc(O)c(OC)c2)OC1OC1COC(=O)C1O. The molecule has 3 rings (SSSR count). The van der Waals surface area contributed by atoms with Crippen LogP contribution in [-0.4, -0.2) is 48.4 Å². The van der Waals surface area contributed by atoms with Crippen molar-refractivity contribution in [1.29, 1.82) is 0 Å². The molecule has 23 heavy (non-hydrogen) atoms. The molecule has 0 aromatic heterocycles. The third-order valence-electron chi connectivity index (χ3n) is 3.53. The van der Waals surface area contributed by atoms with E-state index in [0.29, 0.717) is 5.56 Å². The van der Waals surface area contributed by atoms with Gasteiger partial charge in [0, 0.05) is 5.56 Å². The highest BCUT2D eigenvalue weighted by molar-refractivity contribution is 5.77. The number of ether oxygens (including phenoxy) is 5. The van der Waals surface area contributed by atoms with E-state index in [-0.39, 0.29) is 23.9 Å². The van der Waals surface area contributed by atoms with Crippen molar-refractivity contribution < 1.29 is 38.7 Å². The molecule has 124 valence electrons. The van der Waals surface area contributed by atoms with Gasteiger partial charge in [0.15, 0.2) is 17.6 Å². The predicted molar refractivity (Wildman–Crippen MR) is 74.3 cm³/mol. The molecular formula is C15H16O8. The first kappa shape index (κ1) is 15.6. The number of cyclic esters (lactones) is 1. The Kier molecular flexibility index (Phi) is 4.12. The van der Waals surface area contributed by atoms with Crippen molar-refractivity contribution in [3.63, 3.8) is 0 Å². The molecule has 2 aliphatic heterocycles. The molecule has 2 fully saturated rings. The highest BCUT2D eigenvalue weighted by Gasteiger charge is 2.42.